The molecule has 3 aromatic rings. The maximum absolute atomic E-state index is 12.5. The number of nitrogens with one attached hydrogen (secondary N) is 3. The molecule has 9 nitrogen and oxygen atoms in total. The lowest BCUT2D eigenvalue weighted by atomic mass is 9.89. The summed E-state index contributed by atoms with van der Waals surface area (Å²) in [6, 6.07) is 6.87. The van der Waals surface area contributed by atoms with Gasteiger partial charge in [-0.05, 0) is 37.7 Å². The van der Waals surface area contributed by atoms with Crippen LogP contribution in [0.5, 0.6) is 0 Å². The highest BCUT2D eigenvalue weighted by atomic mass is 16.5. The zero-order valence-electron chi connectivity index (χ0n) is 19.6. The van der Waals surface area contributed by atoms with E-state index in [1.807, 2.05) is 47.0 Å². The molecule has 33 heavy (non-hydrogen) atoms. The molecule has 0 fully saturated rings. The molecule has 0 spiro atoms. The summed E-state index contributed by atoms with van der Waals surface area (Å²) in [6.45, 7) is 7.68. The number of amides is 2. The fourth-order valence-electron chi connectivity index (χ4n) is 2.90. The summed E-state index contributed by atoms with van der Waals surface area (Å²) >= 11 is 0. The SMILES string of the molecule is CN(C)CCNc1ncncc1C#Cc1cccc(NC(=O)Nc2nocc2C(C)(C)C)c1. The first-order valence-corrected chi connectivity index (χ1v) is 10.6. The van der Waals surface area contributed by atoms with Crippen molar-refractivity contribution < 1.29 is 9.32 Å². The molecule has 0 saturated heterocycles. The Labute approximate surface area is 194 Å². The zero-order chi connectivity index (χ0) is 23.8. The highest BCUT2D eigenvalue weighted by molar-refractivity contribution is 5.99. The van der Waals surface area contributed by atoms with E-state index >= 15 is 0 Å². The van der Waals surface area contributed by atoms with Crippen LogP contribution in [0.25, 0.3) is 0 Å². The summed E-state index contributed by atoms with van der Waals surface area (Å²) in [5.74, 6) is 7.30. The number of carbonyl (C=O) groups is 1. The minimum atomic E-state index is -0.414. The average molecular weight is 448 g/mol. The molecule has 0 aliphatic rings. The molecule has 1 aromatic carbocycles. The first-order valence-electron chi connectivity index (χ1n) is 10.6. The van der Waals surface area contributed by atoms with Crippen molar-refractivity contribution >= 4 is 23.4 Å². The van der Waals surface area contributed by atoms with Crippen LogP contribution in [0.1, 0.15) is 37.5 Å². The molecule has 172 valence electrons. The Bertz CT molecular complexity index is 1150. The molecule has 0 saturated carbocycles. The van der Waals surface area contributed by atoms with Crippen molar-refractivity contribution in [3.05, 3.63) is 59.7 Å². The predicted octanol–water partition coefficient (Wildman–Crippen LogP) is 3.78. The summed E-state index contributed by atoms with van der Waals surface area (Å²) in [7, 11) is 4.03. The second-order valence-electron chi connectivity index (χ2n) is 8.75. The van der Waals surface area contributed by atoms with Gasteiger partial charge in [-0.15, -0.1) is 0 Å². The maximum atomic E-state index is 12.5. The van der Waals surface area contributed by atoms with Gasteiger partial charge in [-0.2, -0.15) is 0 Å². The number of likely N-dealkylation sites (N-methyl/N-ethyl adjacent to an activating group) is 1. The lowest BCUT2D eigenvalue weighted by Gasteiger charge is -2.17. The molecule has 0 atom stereocenters. The number of carbonyl (C=O) groups excluding carboxylic acids is 1. The van der Waals surface area contributed by atoms with Crippen LogP contribution in [0.3, 0.4) is 0 Å². The van der Waals surface area contributed by atoms with Gasteiger partial charge in [0.1, 0.15) is 18.4 Å². The van der Waals surface area contributed by atoms with E-state index in [9.17, 15) is 4.79 Å². The third-order valence-electron chi connectivity index (χ3n) is 4.64. The third-order valence-corrected chi connectivity index (χ3v) is 4.64. The molecule has 2 amide bonds. The lowest BCUT2D eigenvalue weighted by Crippen LogP contribution is -2.22. The molecule has 2 heterocycles. The Morgan fingerprint density at radius 2 is 1.97 bits per heavy atom. The normalized spacial score (nSPS) is 11.0. The average Bonchev–Trinajstić information content (AvgIpc) is 3.21. The highest BCUT2D eigenvalue weighted by Gasteiger charge is 2.22. The topological polar surface area (TPSA) is 108 Å². The van der Waals surface area contributed by atoms with Crippen LogP contribution in [-0.4, -0.2) is 53.2 Å². The molecular formula is C24H29N7O2. The molecule has 9 heteroatoms. The van der Waals surface area contributed by atoms with Crippen LogP contribution in [0.4, 0.5) is 22.1 Å². The summed E-state index contributed by atoms with van der Waals surface area (Å²) < 4.78 is 5.03. The second-order valence-corrected chi connectivity index (χ2v) is 8.75. The van der Waals surface area contributed by atoms with Crippen molar-refractivity contribution in [2.75, 3.05) is 43.1 Å². The standard InChI is InChI=1S/C24H29N7O2/c1-24(2,3)20-15-33-30-22(20)29-23(32)28-19-8-6-7-17(13-19)9-10-18-14-25-16-27-21(18)26-11-12-31(4)5/h6-8,13-16H,11-12H2,1-5H3,(H,25,26,27)(H2,28,29,30,32). The van der Waals surface area contributed by atoms with Crippen LogP contribution in [0, 0.1) is 11.8 Å². The Morgan fingerprint density at radius 1 is 1.15 bits per heavy atom. The summed E-state index contributed by atoms with van der Waals surface area (Å²) in [4.78, 5) is 22.9. The van der Waals surface area contributed by atoms with Gasteiger partial charge in [0.05, 0.1) is 5.56 Å². The monoisotopic (exact) mass is 447 g/mol. The van der Waals surface area contributed by atoms with Gasteiger partial charge in [-0.25, -0.2) is 14.8 Å². The number of aromatic nitrogens is 3. The van der Waals surface area contributed by atoms with Crippen molar-refractivity contribution in [3.63, 3.8) is 0 Å². The predicted molar refractivity (Wildman–Crippen MR) is 129 cm³/mol. The number of hydrogen-bond acceptors (Lipinski definition) is 7. The van der Waals surface area contributed by atoms with Crippen LogP contribution >= 0.6 is 0 Å². The Morgan fingerprint density at radius 3 is 2.73 bits per heavy atom. The fourth-order valence-corrected chi connectivity index (χ4v) is 2.90. The molecule has 0 aliphatic heterocycles. The summed E-state index contributed by atoms with van der Waals surface area (Å²) in [6.07, 6.45) is 4.72. The quantitative estimate of drug-likeness (QED) is 0.494. The van der Waals surface area contributed by atoms with Gasteiger partial charge in [0.25, 0.3) is 0 Å². The van der Waals surface area contributed by atoms with E-state index in [0.717, 1.165) is 24.2 Å². The van der Waals surface area contributed by atoms with Crippen molar-refractivity contribution in [3.8, 4) is 11.8 Å². The zero-order valence-corrected chi connectivity index (χ0v) is 19.6. The van der Waals surface area contributed by atoms with Gasteiger partial charge >= 0.3 is 6.03 Å². The smallest absolute Gasteiger partial charge is 0.324 e. The molecule has 0 aliphatic carbocycles. The van der Waals surface area contributed by atoms with E-state index in [1.54, 1.807) is 24.6 Å². The van der Waals surface area contributed by atoms with Gasteiger partial charge in [0.15, 0.2) is 5.82 Å². The first kappa shape index (κ1) is 23.8. The van der Waals surface area contributed by atoms with Crippen molar-refractivity contribution in [1.82, 2.24) is 20.0 Å². The number of nitrogens with zero attached hydrogens (tertiary/aromatic N) is 4. The Balaban J connectivity index is 1.68. The number of anilines is 3. The second kappa shape index (κ2) is 10.6. The number of benzene rings is 1. The minimum Gasteiger partial charge on any atom is -0.368 e. The van der Waals surface area contributed by atoms with E-state index in [4.69, 9.17) is 4.52 Å². The van der Waals surface area contributed by atoms with E-state index in [0.29, 0.717) is 22.9 Å². The molecular weight excluding hydrogens is 418 g/mol. The molecule has 0 bridgehead atoms. The van der Waals surface area contributed by atoms with E-state index in [2.05, 4.69) is 47.8 Å². The van der Waals surface area contributed by atoms with Gasteiger partial charge in [-0.1, -0.05) is 43.8 Å². The van der Waals surface area contributed by atoms with E-state index < -0.39 is 6.03 Å². The number of hydrogen-bond donors (Lipinski definition) is 3. The molecule has 0 radical (unpaired) electrons. The van der Waals surface area contributed by atoms with Crippen molar-refractivity contribution in [1.29, 1.82) is 0 Å². The van der Waals surface area contributed by atoms with Gasteiger partial charge in [-0.3, -0.25) is 5.32 Å². The molecule has 0 unspecified atom stereocenters. The largest absolute Gasteiger partial charge is 0.368 e. The van der Waals surface area contributed by atoms with Crippen LogP contribution in [0.15, 0.2) is 47.6 Å². The molecule has 2 aromatic heterocycles. The molecule has 3 rings (SSSR count). The van der Waals surface area contributed by atoms with Crippen molar-refractivity contribution in [2.24, 2.45) is 0 Å². The van der Waals surface area contributed by atoms with Crippen molar-refractivity contribution in [2.45, 2.75) is 26.2 Å². The van der Waals surface area contributed by atoms with Crippen LogP contribution in [0.2, 0.25) is 0 Å². The minimum absolute atomic E-state index is 0.209. The van der Waals surface area contributed by atoms with Crippen LogP contribution < -0.4 is 16.0 Å². The van der Waals surface area contributed by atoms with Gasteiger partial charge in [0.2, 0.25) is 0 Å². The maximum Gasteiger partial charge on any atom is 0.324 e. The Hall–Kier alpha value is -3.90. The third kappa shape index (κ3) is 7.05. The van der Waals surface area contributed by atoms with E-state index in [1.165, 1.54) is 6.33 Å². The Kier molecular flexibility index (Phi) is 7.64. The number of urea groups is 1. The van der Waals surface area contributed by atoms with E-state index in [-0.39, 0.29) is 5.41 Å². The number of rotatable bonds is 6. The summed E-state index contributed by atoms with van der Waals surface area (Å²) in [5, 5.41) is 12.7. The fraction of sp³-hybridized carbons (Fsp3) is 0.333. The van der Waals surface area contributed by atoms with Gasteiger partial charge in [0, 0.05) is 36.1 Å². The highest BCUT2D eigenvalue weighted by Crippen LogP contribution is 2.28. The lowest BCUT2D eigenvalue weighted by molar-refractivity contribution is 0.262. The first-order chi connectivity index (χ1) is 15.7. The summed E-state index contributed by atoms with van der Waals surface area (Å²) in [5.41, 5.74) is 2.66. The molecule has 3 N–H and O–H groups in total. The van der Waals surface area contributed by atoms with Gasteiger partial charge < -0.3 is 20.1 Å². The van der Waals surface area contributed by atoms with Crippen LogP contribution in [-0.2, 0) is 5.41 Å².